The van der Waals surface area contributed by atoms with Crippen LogP contribution in [-0.4, -0.2) is 9.13 Å². The van der Waals surface area contributed by atoms with E-state index in [1.54, 1.807) is 9.13 Å². The molecule has 0 radical (unpaired) electrons. The van der Waals surface area contributed by atoms with Crippen LogP contribution in [0.4, 0.5) is 0 Å². The molecule has 3 rings (SSSR count). The fraction of sp³-hybridized carbons (Fsp3) is 0. The maximum Gasteiger partial charge on any atom is 0.337 e. The van der Waals surface area contributed by atoms with Gasteiger partial charge in [0.2, 0.25) is 0 Å². The largest absolute Gasteiger partial charge is 0.337 e. The summed E-state index contributed by atoms with van der Waals surface area (Å²) < 4.78 is 3.11. The molecule has 2 aromatic carbocycles. The van der Waals surface area contributed by atoms with E-state index in [-0.39, 0.29) is 5.69 Å². The Morgan fingerprint density at radius 2 is 1.05 bits per heavy atom. The van der Waals surface area contributed by atoms with E-state index in [1.807, 2.05) is 60.7 Å². The van der Waals surface area contributed by atoms with E-state index in [0.29, 0.717) is 0 Å². The normalized spacial score (nSPS) is 10.4. The van der Waals surface area contributed by atoms with Crippen LogP contribution < -0.4 is 5.69 Å². The number of aromatic nitrogens is 2. The van der Waals surface area contributed by atoms with Gasteiger partial charge in [-0.2, -0.15) is 0 Å². The molecule has 0 unspecified atom stereocenters. The minimum atomic E-state index is -0.178. The van der Waals surface area contributed by atoms with Crippen molar-refractivity contribution >= 4 is 12.4 Å². The van der Waals surface area contributed by atoms with Crippen molar-refractivity contribution in [3.05, 3.63) is 84.3 Å². The second-order valence-electron chi connectivity index (χ2n) is 4.82. The molecular formula is C19H16N2O. The number of hydrogen-bond donors (Lipinski definition) is 0. The first-order valence-electron chi connectivity index (χ1n) is 7.00. The lowest BCUT2D eigenvalue weighted by molar-refractivity contribution is 0.985. The summed E-state index contributed by atoms with van der Waals surface area (Å²) in [6, 6.07) is 19.6. The van der Waals surface area contributed by atoms with Crippen LogP contribution in [0.1, 0.15) is 0 Å². The van der Waals surface area contributed by atoms with E-state index >= 15 is 0 Å². The molecule has 0 aliphatic rings. The maximum atomic E-state index is 12.6. The molecule has 3 aromatic rings. The van der Waals surface area contributed by atoms with Crippen LogP contribution in [0.5, 0.6) is 0 Å². The molecule has 3 heteroatoms. The lowest BCUT2D eigenvalue weighted by Gasteiger charge is -2.08. The summed E-state index contributed by atoms with van der Waals surface area (Å²) >= 11 is 0. The van der Waals surface area contributed by atoms with Gasteiger partial charge in [0.15, 0.2) is 0 Å². The smallest absolute Gasteiger partial charge is 0.267 e. The number of nitrogens with zero attached hydrogens (tertiary/aromatic N) is 2. The van der Waals surface area contributed by atoms with E-state index in [1.165, 1.54) is 12.4 Å². The molecule has 0 bridgehead atoms. The average Bonchev–Trinajstić information content (AvgIpc) is 2.88. The van der Waals surface area contributed by atoms with Crippen LogP contribution in [0.2, 0.25) is 0 Å². The molecule has 108 valence electrons. The first-order valence-corrected chi connectivity index (χ1v) is 7.00. The Labute approximate surface area is 129 Å². The van der Waals surface area contributed by atoms with Crippen LogP contribution in [-0.2, 0) is 0 Å². The van der Waals surface area contributed by atoms with Gasteiger partial charge in [-0.1, -0.05) is 73.8 Å². The third kappa shape index (κ3) is 2.13. The third-order valence-corrected chi connectivity index (χ3v) is 3.58. The minimum Gasteiger partial charge on any atom is -0.267 e. The quantitative estimate of drug-likeness (QED) is 0.707. The zero-order valence-electron chi connectivity index (χ0n) is 12.1. The molecule has 0 fully saturated rings. The Hall–Kier alpha value is -3.07. The monoisotopic (exact) mass is 288 g/mol. The van der Waals surface area contributed by atoms with Gasteiger partial charge in [-0.15, -0.1) is 0 Å². The molecule has 0 amide bonds. The van der Waals surface area contributed by atoms with Gasteiger partial charge in [-0.3, -0.25) is 9.13 Å². The molecule has 0 saturated heterocycles. The highest BCUT2D eigenvalue weighted by Crippen LogP contribution is 2.31. The summed E-state index contributed by atoms with van der Waals surface area (Å²) in [6.07, 6.45) is 3.08. The topological polar surface area (TPSA) is 26.9 Å². The van der Waals surface area contributed by atoms with Gasteiger partial charge < -0.3 is 0 Å². The highest BCUT2D eigenvalue weighted by molar-refractivity contribution is 5.81. The average molecular weight is 288 g/mol. The van der Waals surface area contributed by atoms with Gasteiger partial charge in [-0.25, -0.2) is 4.79 Å². The van der Waals surface area contributed by atoms with Crippen LogP contribution in [0.25, 0.3) is 34.9 Å². The standard InChI is InChI=1S/C19H16N2O/c1-3-20-17(15-11-7-5-8-12-15)18(21(4-2)19(20)22)16-13-9-6-10-14-16/h3-14H,1-2H2. The summed E-state index contributed by atoms with van der Waals surface area (Å²) in [5, 5.41) is 0. The fourth-order valence-electron chi connectivity index (χ4n) is 2.62. The number of hydrogen-bond acceptors (Lipinski definition) is 1. The molecule has 0 aliphatic carbocycles. The molecule has 0 aliphatic heterocycles. The molecule has 0 saturated carbocycles. The highest BCUT2D eigenvalue weighted by Gasteiger charge is 2.19. The van der Waals surface area contributed by atoms with Crippen molar-refractivity contribution in [2.75, 3.05) is 0 Å². The number of benzene rings is 2. The second kappa shape index (κ2) is 5.74. The summed E-state index contributed by atoms with van der Waals surface area (Å²) in [5.41, 5.74) is 3.36. The first kappa shape index (κ1) is 13.9. The number of rotatable bonds is 4. The zero-order chi connectivity index (χ0) is 15.5. The summed E-state index contributed by atoms with van der Waals surface area (Å²) in [6.45, 7) is 7.55. The molecule has 3 nitrogen and oxygen atoms in total. The van der Waals surface area contributed by atoms with Crippen molar-refractivity contribution in [3.8, 4) is 22.5 Å². The van der Waals surface area contributed by atoms with E-state index in [4.69, 9.17) is 0 Å². The number of imidazole rings is 1. The van der Waals surface area contributed by atoms with Gasteiger partial charge in [0.1, 0.15) is 0 Å². The van der Waals surface area contributed by atoms with Gasteiger partial charge in [0.25, 0.3) is 0 Å². The Balaban J connectivity index is 2.44. The van der Waals surface area contributed by atoms with Crippen molar-refractivity contribution in [1.82, 2.24) is 9.13 Å². The van der Waals surface area contributed by atoms with Crippen LogP contribution in [0.3, 0.4) is 0 Å². The fourth-order valence-corrected chi connectivity index (χ4v) is 2.62. The molecule has 0 N–H and O–H groups in total. The molecule has 0 atom stereocenters. The van der Waals surface area contributed by atoms with Crippen molar-refractivity contribution in [1.29, 1.82) is 0 Å². The van der Waals surface area contributed by atoms with Gasteiger partial charge in [0.05, 0.1) is 11.4 Å². The van der Waals surface area contributed by atoms with Gasteiger partial charge in [0, 0.05) is 23.5 Å². The van der Waals surface area contributed by atoms with Crippen molar-refractivity contribution in [2.45, 2.75) is 0 Å². The Bertz CT molecular complexity index is 799. The minimum absolute atomic E-state index is 0.178. The Morgan fingerprint density at radius 3 is 1.36 bits per heavy atom. The molecule has 1 heterocycles. The summed E-state index contributed by atoms with van der Waals surface area (Å²) in [7, 11) is 0. The zero-order valence-corrected chi connectivity index (χ0v) is 12.1. The van der Waals surface area contributed by atoms with Gasteiger partial charge >= 0.3 is 5.69 Å². The second-order valence-corrected chi connectivity index (χ2v) is 4.82. The van der Waals surface area contributed by atoms with E-state index in [9.17, 15) is 4.79 Å². The van der Waals surface area contributed by atoms with Crippen LogP contribution >= 0.6 is 0 Å². The molecule has 0 spiro atoms. The highest BCUT2D eigenvalue weighted by atomic mass is 16.1. The van der Waals surface area contributed by atoms with Crippen LogP contribution in [0.15, 0.2) is 78.6 Å². The van der Waals surface area contributed by atoms with Crippen molar-refractivity contribution in [3.63, 3.8) is 0 Å². The maximum absolute atomic E-state index is 12.6. The predicted molar refractivity (Wildman–Crippen MR) is 92.3 cm³/mol. The third-order valence-electron chi connectivity index (χ3n) is 3.58. The van der Waals surface area contributed by atoms with Crippen molar-refractivity contribution in [2.24, 2.45) is 0 Å². The lowest BCUT2D eigenvalue weighted by atomic mass is 10.0. The Kier molecular flexibility index (Phi) is 3.62. The van der Waals surface area contributed by atoms with E-state index < -0.39 is 0 Å². The predicted octanol–water partition coefficient (Wildman–Crippen LogP) is 4.18. The Morgan fingerprint density at radius 1 is 0.682 bits per heavy atom. The van der Waals surface area contributed by atoms with Crippen molar-refractivity contribution < 1.29 is 0 Å². The van der Waals surface area contributed by atoms with E-state index in [2.05, 4.69) is 13.2 Å². The van der Waals surface area contributed by atoms with Crippen LogP contribution in [0, 0.1) is 0 Å². The van der Waals surface area contributed by atoms with E-state index in [0.717, 1.165) is 22.5 Å². The summed E-state index contributed by atoms with van der Waals surface area (Å²) in [4.78, 5) is 12.6. The SMILES string of the molecule is C=Cn1c(-c2ccccc2)c(-c2ccccc2)n(C=C)c1=O. The lowest BCUT2D eigenvalue weighted by Crippen LogP contribution is -2.18. The molecule has 22 heavy (non-hydrogen) atoms. The summed E-state index contributed by atoms with van der Waals surface area (Å²) in [5.74, 6) is 0. The first-order chi connectivity index (χ1) is 10.8. The van der Waals surface area contributed by atoms with Gasteiger partial charge in [-0.05, 0) is 0 Å². The molecular weight excluding hydrogens is 272 g/mol. The molecule has 1 aromatic heterocycles.